The first kappa shape index (κ1) is 20.3. The third-order valence-electron chi connectivity index (χ3n) is 3.07. The van der Waals surface area contributed by atoms with Crippen molar-refractivity contribution >= 4 is 46.5 Å². The van der Waals surface area contributed by atoms with Crippen LogP contribution in [0.3, 0.4) is 0 Å². The standard InChI is InChI=1S/C16H13Cl3N2O5/c17-16(18,19)15(25-13-8-6-12(7-9-13)21(23)24)20-26-14(22)10-11-4-2-1-3-5-11/h1-9,15,20H,10H2/t15-/m1/s1. The van der Waals surface area contributed by atoms with Gasteiger partial charge in [-0.15, -0.1) is 5.48 Å². The number of nitro benzene ring substituents is 1. The lowest BCUT2D eigenvalue weighted by Crippen LogP contribution is -2.46. The number of ether oxygens (including phenoxy) is 1. The molecule has 7 nitrogen and oxygen atoms in total. The maximum Gasteiger partial charge on any atom is 0.329 e. The number of nitrogens with one attached hydrogen (secondary N) is 1. The fourth-order valence-electron chi connectivity index (χ4n) is 1.86. The lowest BCUT2D eigenvalue weighted by molar-refractivity contribution is -0.384. The van der Waals surface area contributed by atoms with Gasteiger partial charge in [0.1, 0.15) is 5.75 Å². The van der Waals surface area contributed by atoms with E-state index in [0.717, 1.165) is 5.56 Å². The van der Waals surface area contributed by atoms with Gasteiger partial charge in [0.15, 0.2) is 0 Å². The van der Waals surface area contributed by atoms with Crippen LogP contribution in [0, 0.1) is 10.1 Å². The molecule has 0 aliphatic heterocycles. The molecule has 0 radical (unpaired) electrons. The van der Waals surface area contributed by atoms with Crippen LogP contribution in [-0.4, -0.2) is 20.9 Å². The molecule has 0 bridgehead atoms. The van der Waals surface area contributed by atoms with Gasteiger partial charge in [-0.25, -0.2) is 0 Å². The molecule has 0 heterocycles. The van der Waals surface area contributed by atoms with Crippen molar-refractivity contribution in [3.63, 3.8) is 0 Å². The highest BCUT2D eigenvalue weighted by molar-refractivity contribution is 6.68. The van der Waals surface area contributed by atoms with Gasteiger partial charge in [0.25, 0.3) is 5.69 Å². The highest BCUT2D eigenvalue weighted by atomic mass is 35.6. The average molecular weight is 420 g/mol. The molecular formula is C16H13Cl3N2O5. The SMILES string of the molecule is O=C(Cc1ccccc1)ON[C@H](Oc1ccc([N+](=O)[O-])cc1)C(Cl)(Cl)Cl. The van der Waals surface area contributed by atoms with Crippen LogP contribution in [0.5, 0.6) is 5.75 Å². The van der Waals surface area contributed by atoms with Crippen LogP contribution in [0.4, 0.5) is 5.69 Å². The molecule has 0 aromatic heterocycles. The highest BCUT2D eigenvalue weighted by Crippen LogP contribution is 2.32. The van der Waals surface area contributed by atoms with Gasteiger partial charge >= 0.3 is 5.97 Å². The molecule has 1 N–H and O–H groups in total. The first-order valence-electron chi connectivity index (χ1n) is 7.22. The van der Waals surface area contributed by atoms with Crippen molar-refractivity contribution in [2.75, 3.05) is 0 Å². The maximum absolute atomic E-state index is 11.9. The van der Waals surface area contributed by atoms with Crippen molar-refractivity contribution in [2.45, 2.75) is 16.4 Å². The van der Waals surface area contributed by atoms with Crippen LogP contribution in [0.25, 0.3) is 0 Å². The molecule has 26 heavy (non-hydrogen) atoms. The number of halogens is 3. The van der Waals surface area contributed by atoms with Gasteiger partial charge < -0.3 is 9.57 Å². The minimum absolute atomic E-state index is 0.0119. The van der Waals surface area contributed by atoms with Crippen molar-refractivity contribution in [1.82, 2.24) is 5.48 Å². The number of non-ortho nitro benzene ring substituents is 1. The predicted octanol–water partition coefficient (Wildman–Crippen LogP) is 3.96. The van der Waals surface area contributed by atoms with Crippen molar-refractivity contribution in [1.29, 1.82) is 0 Å². The summed E-state index contributed by atoms with van der Waals surface area (Å²) in [5.41, 5.74) is 2.89. The molecule has 0 amide bonds. The van der Waals surface area contributed by atoms with Crippen molar-refractivity contribution in [3.8, 4) is 5.75 Å². The number of alkyl halides is 3. The van der Waals surface area contributed by atoms with Crippen molar-refractivity contribution in [2.24, 2.45) is 0 Å². The number of hydrogen-bond donors (Lipinski definition) is 1. The Balaban J connectivity index is 1.97. The van der Waals surface area contributed by atoms with E-state index in [9.17, 15) is 14.9 Å². The van der Waals surface area contributed by atoms with Gasteiger partial charge in [0, 0.05) is 12.1 Å². The molecule has 1 atom stereocenters. The van der Waals surface area contributed by atoms with E-state index in [1.165, 1.54) is 24.3 Å². The molecule has 10 heteroatoms. The lowest BCUT2D eigenvalue weighted by Gasteiger charge is -2.25. The summed E-state index contributed by atoms with van der Waals surface area (Å²) in [4.78, 5) is 26.9. The summed E-state index contributed by atoms with van der Waals surface area (Å²) in [6.07, 6.45) is -1.33. The van der Waals surface area contributed by atoms with E-state index in [0.29, 0.717) is 0 Å². The maximum atomic E-state index is 11.9. The average Bonchev–Trinajstić information content (AvgIpc) is 2.59. The van der Waals surface area contributed by atoms with E-state index < -0.39 is 20.9 Å². The molecule has 138 valence electrons. The zero-order valence-corrected chi connectivity index (χ0v) is 15.4. The van der Waals surface area contributed by atoms with Gasteiger partial charge in [-0.05, 0) is 17.7 Å². The Morgan fingerprint density at radius 1 is 1.12 bits per heavy atom. The number of carbonyl (C=O) groups excluding carboxylic acids is 1. The summed E-state index contributed by atoms with van der Waals surface area (Å²) >= 11 is 17.5. The fourth-order valence-corrected chi connectivity index (χ4v) is 2.13. The Bertz CT molecular complexity index is 751. The minimum Gasteiger partial charge on any atom is -0.468 e. The molecule has 0 aliphatic rings. The molecule has 0 saturated heterocycles. The Morgan fingerprint density at radius 2 is 1.73 bits per heavy atom. The largest absolute Gasteiger partial charge is 0.468 e. The molecular weight excluding hydrogens is 407 g/mol. The quantitative estimate of drug-likeness (QED) is 0.316. The van der Waals surface area contributed by atoms with E-state index in [2.05, 4.69) is 5.48 Å². The Hall–Kier alpha value is -2.06. The molecule has 0 spiro atoms. The van der Waals surface area contributed by atoms with E-state index >= 15 is 0 Å². The second kappa shape index (κ2) is 9.05. The molecule has 0 saturated carbocycles. The number of carbonyl (C=O) groups is 1. The van der Waals surface area contributed by atoms with Crippen LogP contribution in [0.15, 0.2) is 54.6 Å². The van der Waals surface area contributed by atoms with E-state index in [-0.39, 0.29) is 17.9 Å². The number of nitrogens with zero attached hydrogens (tertiary/aromatic N) is 1. The van der Waals surface area contributed by atoms with E-state index in [4.69, 9.17) is 44.4 Å². The zero-order valence-electron chi connectivity index (χ0n) is 13.1. The van der Waals surface area contributed by atoms with Crippen LogP contribution in [0.2, 0.25) is 0 Å². The van der Waals surface area contributed by atoms with Crippen LogP contribution >= 0.6 is 34.8 Å². The molecule has 2 rings (SSSR count). The summed E-state index contributed by atoms with van der Waals surface area (Å²) in [5, 5.41) is 10.7. The molecule has 0 fully saturated rings. The van der Waals surface area contributed by atoms with Crippen LogP contribution in [0.1, 0.15) is 5.56 Å². The third-order valence-corrected chi connectivity index (χ3v) is 3.66. The summed E-state index contributed by atoms with van der Waals surface area (Å²) in [5.74, 6) is -0.429. The zero-order chi connectivity index (χ0) is 19.2. The number of nitro groups is 1. The van der Waals surface area contributed by atoms with Gasteiger partial charge in [-0.2, -0.15) is 0 Å². The normalized spacial score (nSPS) is 12.3. The van der Waals surface area contributed by atoms with Crippen LogP contribution in [-0.2, 0) is 16.1 Å². The van der Waals surface area contributed by atoms with Gasteiger partial charge in [-0.1, -0.05) is 65.1 Å². The van der Waals surface area contributed by atoms with Crippen molar-refractivity contribution < 1.29 is 19.3 Å². The molecule has 2 aromatic rings. The van der Waals surface area contributed by atoms with E-state index in [1.807, 2.05) is 6.07 Å². The predicted molar refractivity (Wildman–Crippen MR) is 97.2 cm³/mol. The second-order valence-electron chi connectivity index (χ2n) is 5.04. The van der Waals surface area contributed by atoms with E-state index in [1.54, 1.807) is 24.3 Å². The summed E-state index contributed by atoms with van der Waals surface area (Å²) < 4.78 is 3.43. The summed E-state index contributed by atoms with van der Waals surface area (Å²) in [7, 11) is 0. The van der Waals surface area contributed by atoms with Crippen LogP contribution < -0.4 is 10.2 Å². The monoisotopic (exact) mass is 418 g/mol. The number of rotatable bonds is 7. The fraction of sp³-hybridized carbons (Fsp3) is 0.188. The number of hydroxylamine groups is 1. The molecule has 2 aromatic carbocycles. The Labute approximate surface area is 163 Å². The van der Waals surface area contributed by atoms with Gasteiger partial charge in [0.2, 0.25) is 10.0 Å². The topological polar surface area (TPSA) is 90.7 Å². The summed E-state index contributed by atoms with van der Waals surface area (Å²) in [6.45, 7) is 0. The van der Waals surface area contributed by atoms with Gasteiger partial charge in [0.05, 0.1) is 11.3 Å². The first-order chi connectivity index (χ1) is 12.3. The molecule has 0 aliphatic carbocycles. The lowest BCUT2D eigenvalue weighted by atomic mass is 10.2. The highest BCUT2D eigenvalue weighted by Gasteiger charge is 2.36. The van der Waals surface area contributed by atoms with Crippen molar-refractivity contribution in [3.05, 3.63) is 70.3 Å². The number of hydrogen-bond acceptors (Lipinski definition) is 6. The summed E-state index contributed by atoms with van der Waals surface area (Å²) in [6, 6.07) is 14.0. The van der Waals surface area contributed by atoms with Gasteiger partial charge in [-0.3, -0.25) is 14.9 Å². The second-order valence-corrected chi connectivity index (χ2v) is 7.41. The minimum atomic E-state index is -1.98. The Morgan fingerprint density at radius 3 is 2.27 bits per heavy atom. The number of benzene rings is 2. The smallest absolute Gasteiger partial charge is 0.329 e. The Kier molecular flexibility index (Phi) is 7.05. The third kappa shape index (κ3) is 6.34. The molecule has 0 unspecified atom stereocenters. The first-order valence-corrected chi connectivity index (χ1v) is 8.36.